The second-order valence-corrected chi connectivity index (χ2v) is 7.54. The van der Waals surface area contributed by atoms with Gasteiger partial charge in [0.15, 0.2) is 4.34 Å². The molecule has 1 aliphatic heterocycles. The molecule has 7 nitrogen and oxygen atoms in total. The minimum atomic E-state index is -0.372. The van der Waals surface area contributed by atoms with Gasteiger partial charge in [-0.15, -0.1) is 10.2 Å². The quantitative estimate of drug-likeness (QED) is 0.633. The van der Waals surface area contributed by atoms with Crippen molar-refractivity contribution in [2.75, 3.05) is 17.6 Å². The van der Waals surface area contributed by atoms with Gasteiger partial charge in [-0.1, -0.05) is 30.0 Å². The zero-order valence-corrected chi connectivity index (χ0v) is 14.2. The highest BCUT2D eigenvalue weighted by molar-refractivity contribution is 8.01. The van der Waals surface area contributed by atoms with Crippen molar-refractivity contribution in [3.8, 4) is 0 Å². The Morgan fingerprint density at radius 1 is 1.57 bits per heavy atom. The first-order valence-corrected chi connectivity index (χ1v) is 9.03. The number of hydrogen-bond acceptors (Lipinski definition) is 7. The van der Waals surface area contributed by atoms with Crippen LogP contribution in [-0.4, -0.2) is 39.2 Å². The van der Waals surface area contributed by atoms with Gasteiger partial charge in [-0.2, -0.15) is 0 Å². The monoisotopic (exact) mass is 352 g/mol. The molecule has 9 heteroatoms. The van der Waals surface area contributed by atoms with Crippen molar-refractivity contribution in [2.45, 2.75) is 24.2 Å². The highest BCUT2D eigenvalue weighted by Crippen LogP contribution is 2.27. The Labute approximate surface area is 141 Å². The van der Waals surface area contributed by atoms with Gasteiger partial charge in [-0.3, -0.25) is 9.59 Å². The number of nitrogens with one attached hydrogen (secondary N) is 1. The molecule has 2 aromatic rings. The summed E-state index contributed by atoms with van der Waals surface area (Å²) in [7, 11) is 0. The second-order valence-electron chi connectivity index (χ2n) is 5.05. The number of anilines is 1. The molecule has 0 saturated carbocycles. The molecule has 1 fully saturated rings. The number of thioether (sulfide) groups is 1. The van der Waals surface area contributed by atoms with Crippen LogP contribution in [0.5, 0.6) is 0 Å². The van der Waals surface area contributed by atoms with Crippen LogP contribution in [0.1, 0.15) is 19.1 Å². The second kappa shape index (κ2) is 7.14. The number of likely N-dealkylation sites (tertiary alicyclic amines) is 1. The zero-order chi connectivity index (χ0) is 16.2. The van der Waals surface area contributed by atoms with Gasteiger partial charge in [0.05, 0.1) is 18.7 Å². The van der Waals surface area contributed by atoms with Gasteiger partial charge in [-0.05, 0) is 17.9 Å². The van der Waals surface area contributed by atoms with E-state index in [4.69, 9.17) is 4.42 Å². The largest absolute Gasteiger partial charge is 0.467 e. The number of carbonyl (C=O) groups excluding carboxylic acids is 2. The zero-order valence-electron chi connectivity index (χ0n) is 12.5. The van der Waals surface area contributed by atoms with Gasteiger partial charge in [0.1, 0.15) is 5.76 Å². The van der Waals surface area contributed by atoms with Crippen molar-refractivity contribution >= 4 is 40.0 Å². The maximum absolute atomic E-state index is 12.3. The van der Waals surface area contributed by atoms with Crippen LogP contribution in [0.3, 0.4) is 0 Å². The van der Waals surface area contributed by atoms with E-state index in [9.17, 15) is 9.59 Å². The highest BCUT2D eigenvalue weighted by atomic mass is 32.2. The Morgan fingerprint density at radius 2 is 2.43 bits per heavy atom. The van der Waals surface area contributed by atoms with Crippen molar-refractivity contribution in [2.24, 2.45) is 5.92 Å². The van der Waals surface area contributed by atoms with Crippen molar-refractivity contribution in [1.82, 2.24) is 15.1 Å². The molecular formula is C14H16N4O3S2. The average molecular weight is 352 g/mol. The maximum atomic E-state index is 12.3. The van der Waals surface area contributed by atoms with Crippen LogP contribution < -0.4 is 5.32 Å². The highest BCUT2D eigenvalue weighted by Gasteiger charge is 2.35. The van der Waals surface area contributed by atoms with E-state index in [2.05, 4.69) is 15.5 Å². The summed E-state index contributed by atoms with van der Waals surface area (Å²) in [5.41, 5.74) is 0. The van der Waals surface area contributed by atoms with E-state index in [1.807, 2.05) is 13.0 Å². The van der Waals surface area contributed by atoms with Crippen molar-refractivity contribution in [3.05, 3.63) is 24.2 Å². The number of aromatic nitrogens is 2. The molecule has 1 aliphatic rings. The van der Waals surface area contributed by atoms with Crippen LogP contribution in [0.4, 0.5) is 5.13 Å². The maximum Gasteiger partial charge on any atom is 0.231 e. The summed E-state index contributed by atoms with van der Waals surface area (Å²) in [5.74, 6) is 1.01. The van der Waals surface area contributed by atoms with Crippen LogP contribution in [0, 0.1) is 5.92 Å². The Morgan fingerprint density at radius 3 is 3.17 bits per heavy atom. The van der Waals surface area contributed by atoms with E-state index in [0.29, 0.717) is 24.0 Å². The molecule has 1 N–H and O–H groups in total. The van der Waals surface area contributed by atoms with E-state index < -0.39 is 0 Å². The average Bonchev–Trinajstić information content (AvgIpc) is 3.24. The molecule has 122 valence electrons. The Kier molecular flexibility index (Phi) is 4.97. The summed E-state index contributed by atoms with van der Waals surface area (Å²) in [5, 5.41) is 11.2. The molecule has 2 aromatic heterocycles. The molecule has 0 bridgehead atoms. The van der Waals surface area contributed by atoms with Gasteiger partial charge in [0.2, 0.25) is 16.9 Å². The lowest BCUT2D eigenvalue weighted by Crippen LogP contribution is -2.27. The molecule has 3 heterocycles. The predicted octanol–water partition coefficient (Wildman–Crippen LogP) is 2.23. The lowest BCUT2D eigenvalue weighted by Gasteiger charge is -2.14. The van der Waals surface area contributed by atoms with Crippen molar-refractivity contribution in [1.29, 1.82) is 0 Å². The fraction of sp³-hybridized carbons (Fsp3) is 0.429. The minimum Gasteiger partial charge on any atom is -0.467 e. The molecule has 23 heavy (non-hydrogen) atoms. The summed E-state index contributed by atoms with van der Waals surface area (Å²) in [6.07, 6.45) is 1.78. The first-order valence-electron chi connectivity index (χ1n) is 7.23. The molecule has 2 amide bonds. The molecule has 0 aromatic carbocycles. The molecule has 3 rings (SSSR count). The Balaban J connectivity index is 1.56. The fourth-order valence-corrected chi connectivity index (χ4v) is 3.99. The lowest BCUT2D eigenvalue weighted by atomic mass is 10.1. The summed E-state index contributed by atoms with van der Waals surface area (Å²) in [4.78, 5) is 26.0. The summed E-state index contributed by atoms with van der Waals surface area (Å²) < 4.78 is 6.07. The van der Waals surface area contributed by atoms with Crippen LogP contribution in [-0.2, 0) is 16.1 Å². The fourth-order valence-electron chi connectivity index (χ4n) is 2.34. The molecular weight excluding hydrogens is 336 g/mol. The third kappa shape index (κ3) is 3.91. The van der Waals surface area contributed by atoms with Gasteiger partial charge in [-0.25, -0.2) is 0 Å². The summed E-state index contributed by atoms with van der Waals surface area (Å²) in [6.45, 7) is 2.81. The normalized spacial score (nSPS) is 17.7. The Hall–Kier alpha value is -1.87. The van der Waals surface area contributed by atoms with Gasteiger partial charge in [0, 0.05) is 13.0 Å². The number of hydrogen-bond donors (Lipinski definition) is 1. The van der Waals surface area contributed by atoms with E-state index in [1.54, 1.807) is 29.0 Å². The molecule has 1 atom stereocenters. The Bertz CT molecular complexity index is 686. The third-order valence-corrected chi connectivity index (χ3v) is 5.27. The van der Waals surface area contributed by atoms with Crippen LogP contribution in [0.15, 0.2) is 27.2 Å². The summed E-state index contributed by atoms with van der Waals surface area (Å²) in [6, 6.07) is 3.59. The van der Waals surface area contributed by atoms with E-state index >= 15 is 0 Å². The van der Waals surface area contributed by atoms with E-state index in [-0.39, 0.29) is 24.2 Å². The topological polar surface area (TPSA) is 88.3 Å². The summed E-state index contributed by atoms with van der Waals surface area (Å²) >= 11 is 2.92. The minimum absolute atomic E-state index is 0.0407. The molecule has 0 radical (unpaired) electrons. The number of furan rings is 1. The van der Waals surface area contributed by atoms with E-state index in [0.717, 1.165) is 10.1 Å². The van der Waals surface area contributed by atoms with Gasteiger partial charge >= 0.3 is 0 Å². The first-order chi connectivity index (χ1) is 11.2. The van der Waals surface area contributed by atoms with Crippen molar-refractivity contribution < 1.29 is 14.0 Å². The number of carbonyl (C=O) groups is 2. The first kappa shape index (κ1) is 16.0. The number of rotatable bonds is 6. The lowest BCUT2D eigenvalue weighted by molar-refractivity contribution is -0.128. The molecule has 0 aliphatic carbocycles. The third-order valence-electron chi connectivity index (χ3n) is 3.42. The molecule has 0 unspecified atom stereocenters. The van der Waals surface area contributed by atoms with Crippen molar-refractivity contribution in [3.63, 3.8) is 0 Å². The van der Waals surface area contributed by atoms with Crippen LogP contribution >= 0.6 is 23.1 Å². The molecule has 0 spiro atoms. The smallest absolute Gasteiger partial charge is 0.231 e. The standard InChI is InChI=1S/C14H16N4O3S2/c1-2-22-14-17-16-13(23-14)15-12(20)9-6-11(19)18(7-9)8-10-4-3-5-21-10/h3-5,9H,2,6-8H2,1H3,(H,15,16,20)/t9-/m1/s1. The SMILES string of the molecule is CCSc1nnc(NC(=O)[C@@H]2CC(=O)N(Cc3ccco3)C2)s1. The number of nitrogens with zero attached hydrogens (tertiary/aromatic N) is 3. The van der Waals surface area contributed by atoms with Crippen LogP contribution in [0.25, 0.3) is 0 Å². The molecule has 1 saturated heterocycles. The predicted molar refractivity (Wildman–Crippen MR) is 87.2 cm³/mol. The van der Waals surface area contributed by atoms with E-state index in [1.165, 1.54) is 11.3 Å². The van der Waals surface area contributed by atoms with Gasteiger partial charge < -0.3 is 14.6 Å². The number of amides is 2. The van der Waals surface area contributed by atoms with Crippen LogP contribution in [0.2, 0.25) is 0 Å². The van der Waals surface area contributed by atoms with Gasteiger partial charge in [0.25, 0.3) is 0 Å².